The van der Waals surface area contributed by atoms with E-state index >= 15 is 0 Å². The summed E-state index contributed by atoms with van der Waals surface area (Å²) in [5.74, 6) is 0.790. The van der Waals surface area contributed by atoms with Gasteiger partial charge in [-0.1, -0.05) is 17.8 Å². The molecule has 0 spiro atoms. The predicted molar refractivity (Wildman–Crippen MR) is 106 cm³/mol. The van der Waals surface area contributed by atoms with E-state index in [2.05, 4.69) is 18.0 Å². The lowest BCUT2D eigenvalue weighted by molar-refractivity contribution is -0.384. The molecule has 1 heterocycles. The van der Waals surface area contributed by atoms with E-state index in [0.29, 0.717) is 5.75 Å². The number of nitro benzene ring substituents is 1. The molecule has 3 aromatic rings. The monoisotopic (exact) mass is 386 g/mol. The molecule has 134 valence electrons. The Balaban J connectivity index is 1.89. The highest BCUT2D eigenvalue weighted by Crippen LogP contribution is 2.35. The number of fused-ring (bicyclic) bond motifs is 1. The lowest BCUT2D eigenvalue weighted by Crippen LogP contribution is -2.05. The smallest absolute Gasteiger partial charge is 0.270 e. The first-order valence-electron chi connectivity index (χ1n) is 8.06. The van der Waals surface area contributed by atoms with Crippen molar-refractivity contribution in [1.82, 2.24) is 4.98 Å². The van der Waals surface area contributed by atoms with Crippen molar-refractivity contribution >= 4 is 44.8 Å². The maximum atomic E-state index is 12.0. The number of carbonyl (C=O) groups is 1. The third-order valence-electron chi connectivity index (χ3n) is 4.39. The number of nitrogens with zero attached hydrogens (tertiary/aromatic N) is 2. The van der Waals surface area contributed by atoms with E-state index in [9.17, 15) is 14.9 Å². The molecule has 0 unspecified atom stereocenters. The van der Waals surface area contributed by atoms with Gasteiger partial charge in [0.15, 0.2) is 10.1 Å². The topological polar surface area (TPSA) is 73.1 Å². The van der Waals surface area contributed by atoms with Gasteiger partial charge in [-0.15, -0.1) is 11.3 Å². The van der Waals surface area contributed by atoms with Crippen LogP contribution < -0.4 is 0 Å². The molecule has 0 saturated carbocycles. The van der Waals surface area contributed by atoms with Gasteiger partial charge < -0.3 is 0 Å². The first-order chi connectivity index (χ1) is 12.3. The van der Waals surface area contributed by atoms with Crippen LogP contribution in [0.25, 0.3) is 10.2 Å². The van der Waals surface area contributed by atoms with Crippen LogP contribution in [-0.4, -0.2) is 15.7 Å². The van der Waals surface area contributed by atoms with Crippen molar-refractivity contribution in [2.75, 3.05) is 0 Å². The minimum Gasteiger partial charge on any atom is -0.294 e. The van der Waals surface area contributed by atoms with E-state index in [0.717, 1.165) is 42.4 Å². The molecule has 2 aromatic carbocycles. The number of ketones is 1. The normalized spacial score (nSPS) is 11.1. The summed E-state index contributed by atoms with van der Waals surface area (Å²) in [6.07, 6.45) is 0. The van der Waals surface area contributed by atoms with E-state index in [1.165, 1.54) is 17.4 Å². The van der Waals surface area contributed by atoms with Crippen LogP contribution in [0.1, 0.15) is 39.5 Å². The molecule has 0 atom stereocenters. The second-order valence-electron chi connectivity index (χ2n) is 6.22. The summed E-state index contributed by atoms with van der Waals surface area (Å²) in [6.45, 7) is 7.62. The van der Waals surface area contributed by atoms with Crippen LogP contribution in [0, 0.1) is 30.9 Å². The second kappa shape index (κ2) is 7.17. The molecular weight excluding hydrogens is 368 g/mol. The van der Waals surface area contributed by atoms with Crippen LogP contribution in [-0.2, 0) is 5.75 Å². The third-order valence-corrected chi connectivity index (χ3v) is 6.57. The van der Waals surface area contributed by atoms with Gasteiger partial charge in [-0.3, -0.25) is 14.9 Å². The summed E-state index contributed by atoms with van der Waals surface area (Å²) in [6, 6.07) is 6.78. The highest BCUT2D eigenvalue weighted by Gasteiger charge is 2.16. The van der Waals surface area contributed by atoms with Crippen molar-refractivity contribution in [3.63, 3.8) is 0 Å². The maximum Gasteiger partial charge on any atom is 0.270 e. The number of benzene rings is 2. The van der Waals surface area contributed by atoms with Crippen molar-refractivity contribution in [1.29, 1.82) is 0 Å². The Morgan fingerprint density at radius 1 is 1.23 bits per heavy atom. The predicted octanol–water partition coefficient (Wildman–Crippen LogP) is 5.62. The summed E-state index contributed by atoms with van der Waals surface area (Å²) < 4.78 is 1.67. The average molecular weight is 386 g/mol. The van der Waals surface area contributed by atoms with Gasteiger partial charge in [0.2, 0.25) is 0 Å². The highest BCUT2D eigenvalue weighted by atomic mass is 32.2. The molecule has 0 aliphatic carbocycles. The van der Waals surface area contributed by atoms with Crippen molar-refractivity contribution in [2.24, 2.45) is 0 Å². The summed E-state index contributed by atoms with van der Waals surface area (Å²) in [5.41, 5.74) is 5.99. The fourth-order valence-electron chi connectivity index (χ4n) is 3.19. The molecule has 0 fully saturated rings. The summed E-state index contributed by atoms with van der Waals surface area (Å²) in [5, 5.41) is 10.9. The van der Waals surface area contributed by atoms with Crippen molar-refractivity contribution in [3.8, 4) is 0 Å². The molecule has 7 heteroatoms. The molecule has 0 bridgehead atoms. The highest BCUT2D eigenvalue weighted by molar-refractivity contribution is 8.00. The Morgan fingerprint density at radius 2 is 1.96 bits per heavy atom. The molecule has 0 aliphatic heterocycles. The SMILES string of the molecule is CC(=O)c1c(C)cc(C)c(CSc2nc3ccc([N+](=O)[O-])cc3s2)c1C. The number of aromatic nitrogens is 1. The minimum atomic E-state index is -0.395. The van der Waals surface area contributed by atoms with Crippen molar-refractivity contribution < 1.29 is 9.72 Å². The van der Waals surface area contributed by atoms with E-state index < -0.39 is 4.92 Å². The number of thioether (sulfide) groups is 1. The molecule has 3 rings (SSSR count). The van der Waals surface area contributed by atoms with Gasteiger partial charge in [0.1, 0.15) is 0 Å². The standard InChI is InChI=1S/C19H18N2O3S2/c1-10-7-11(2)18(13(4)22)12(3)15(10)9-25-19-20-16-6-5-14(21(23)24)8-17(16)26-19/h5-8H,9H2,1-4H3. The number of hydrogen-bond acceptors (Lipinski definition) is 6. The zero-order valence-electron chi connectivity index (χ0n) is 15.0. The minimum absolute atomic E-state index is 0.0778. The lowest BCUT2D eigenvalue weighted by atomic mass is 9.92. The van der Waals surface area contributed by atoms with Crippen LogP contribution in [0.2, 0.25) is 0 Å². The molecule has 26 heavy (non-hydrogen) atoms. The number of non-ortho nitro benzene ring substituents is 1. The number of thiazole rings is 1. The van der Waals surface area contributed by atoms with E-state index in [-0.39, 0.29) is 11.5 Å². The number of carbonyl (C=O) groups excluding carboxylic acids is 1. The number of nitro groups is 1. The fourth-order valence-corrected chi connectivity index (χ4v) is 5.48. The molecule has 5 nitrogen and oxygen atoms in total. The molecule has 0 amide bonds. The summed E-state index contributed by atoms with van der Waals surface area (Å²) in [4.78, 5) is 27.0. The Bertz CT molecular complexity index is 1040. The zero-order chi connectivity index (χ0) is 19.0. The summed E-state index contributed by atoms with van der Waals surface area (Å²) in [7, 11) is 0. The average Bonchev–Trinajstić information content (AvgIpc) is 2.95. The van der Waals surface area contributed by atoms with Gasteiger partial charge in [0.05, 0.1) is 15.1 Å². The number of hydrogen-bond donors (Lipinski definition) is 0. The van der Waals surface area contributed by atoms with Gasteiger partial charge >= 0.3 is 0 Å². The van der Waals surface area contributed by atoms with Crippen LogP contribution >= 0.6 is 23.1 Å². The lowest BCUT2D eigenvalue weighted by Gasteiger charge is -2.15. The van der Waals surface area contributed by atoms with Gasteiger partial charge in [-0.05, 0) is 56.0 Å². The molecule has 0 N–H and O–H groups in total. The van der Waals surface area contributed by atoms with Crippen LogP contribution in [0.15, 0.2) is 28.6 Å². The Hall–Kier alpha value is -2.25. The number of aryl methyl sites for hydroxylation is 2. The Kier molecular flexibility index (Phi) is 5.11. The van der Waals surface area contributed by atoms with Crippen LogP contribution in [0.5, 0.6) is 0 Å². The maximum absolute atomic E-state index is 12.0. The van der Waals surface area contributed by atoms with E-state index in [1.54, 1.807) is 30.8 Å². The Morgan fingerprint density at radius 3 is 2.62 bits per heavy atom. The largest absolute Gasteiger partial charge is 0.294 e. The van der Waals surface area contributed by atoms with Gasteiger partial charge in [-0.25, -0.2) is 4.98 Å². The van der Waals surface area contributed by atoms with Gasteiger partial charge in [-0.2, -0.15) is 0 Å². The zero-order valence-corrected chi connectivity index (χ0v) is 16.6. The molecule has 0 saturated heterocycles. The summed E-state index contributed by atoms with van der Waals surface area (Å²) >= 11 is 3.05. The third kappa shape index (κ3) is 3.50. The van der Waals surface area contributed by atoms with E-state index in [4.69, 9.17) is 0 Å². The van der Waals surface area contributed by atoms with Gasteiger partial charge in [0, 0.05) is 23.4 Å². The van der Waals surface area contributed by atoms with Gasteiger partial charge in [0.25, 0.3) is 5.69 Å². The molecular formula is C19H18N2O3S2. The van der Waals surface area contributed by atoms with Crippen molar-refractivity contribution in [3.05, 3.63) is 62.2 Å². The van der Waals surface area contributed by atoms with E-state index in [1.807, 2.05) is 13.8 Å². The first-order valence-corrected chi connectivity index (χ1v) is 9.86. The van der Waals surface area contributed by atoms with Crippen molar-refractivity contribution in [2.45, 2.75) is 37.8 Å². The fraction of sp³-hybridized carbons (Fsp3) is 0.263. The quantitative estimate of drug-likeness (QED) is 0.246. The molecule has 0 aliphatic rings. The first kappa shape index (κ1) is 18.5. The molecule has 1 aromatic heterocycles. The van der Waals surface area contributed by atoms with Crippen LogP contribution in [0.4, 0.5) is 5.69 Å². The van der Waals surface area contributed by atoms with Crippen LogP contribution in [0.3, 0.4) is 0 Å². The second-order valence-corrected chi connectivity index (χ2v) is 8.48. The number of rotatable bonds is 5. The Labute approximate surface area is 159 Å². The molecule has 0 radical (unpaired) electrons. The number of Topliss-reactive ketones (excluding diaryl/α,β-unsaturated/α-hetero) is 1.